The van der Waals surface area contributed by atoms with E-state index in [1.807, 2.05) is 6.07 Å². The standard InChI is InChI=1S/C30H28ClN5O5S2.CH2O2/c31-26-15-22(7-6-20(26)18-43(38,39)25-4-2-1-3-5-25)35-29-28-27(33-19-34-29)16-24(42-28)9-8-21-14-23(17-32-21)41-30(37)36-10-12-40-13-11-36;2-1-3/h1-7,15-16,19,21,23,32H,10-14,17-18H2,(H,33,34,35);1H,(H,2,3). The molecule has 46 heavy (non-hydrogen) atoms. The lowest BCUT2D eigenvalue weighted by molar-refractivity contribution is -0.122. The van der Waals surface area contributed by atoms with Gasteiger partial charge in [0.2, 0.25) is 0 Å². The molecule has 0 aliphatic carbocycles. The molecule has 2 aliphatic rings. The molecule has 2 atom stereocenters. The van der Waals surface area contributed by atoms with Gasteiger partial charge in [0, 0.05) is 36.8 Å². The number of carbonyl (C=O) groups is 2. The zero-order valence-electron chi connectivity index (χ0n) is 24.4. The molecule has 0 spiro atoms. The number of halogens is 1. The lowest BCUT2D eigenvalue weighted by Crippen LogP contribution is -2.42. The Morgan fingerprint density at radius 1 is 1.20 bits per heavy atom. The summed E-state index contributed by atoms with van der Waals surface area (Å²) < 4.78 is 37.4. The maximum atomic E-state index is 12.8. The SMILES string of the molecule is O=C(OC1CNC(C#Cc2cc3ncnc(Nc4ccc(CS(=O)(=O)c5ccccc5)c(Cl)c4)c3s2)C1)N1CCOCC1.O=CO. The Hall–Kier alpha value is -4.26. The number of thiophene rings is 1. The van der Waals surface area contributed by atoms with Crippen LogP contribution in [-0.2, 0) is 29.9 Å². The molecule has 4 aromatic rings. The maximum Gasteiger partial charge on any atom is 0.410 e. The van der Waals surface area contributed by atoms with Crippen LogP contribution in [0.2, 0.25) is 5.02 Å². The zero-order valence-corrected chi connectivity index (χ0v) is 26.8. The van der Waals surface area contributed by atoms with Crippen LogP contribution in [0, 0.1) is 11.8 Å². The fourth-order valence-corrected chi connectivity index (χ4v) is 7.47. The number of ether oxygens (including phenoxy) is 2. The average Bonchev–Trinajstić information content (AvgIpc) is 3.69. The average molecular weight is 684 g/mol. The van der Waals surface area contributed by atoms with Gasteiger partial charge in [-0.2, -0.15) is 0 Å². The first-order valence-electron chi connectivity index (χ1n) is 14.2. The number of hydrogen-bond donors (Lipinski definition) is 3. The molecule has 0 bridgehead atoms. The van der Waals surface area contributed by atoms with Gasteiger partial charge in [-0.15, -0.1) is 11.3 Å². The second kappa shape index (κ2) is 15.4. The van der Waals surface area contributed by atoms with Crippen molar-refractivity contribution in [1.82, 2.24) is 20.2 Å². The third kappa shape index (κ3) is 8.51. The molecule has 240 valence electrons. The summed E-state index contributed by atoms with van der Waals surface area (Å²) in [6.45, 7) is 2.46. The number of fused-ring (bicyclic) bond motifs is 1. The van der Waals surface area contributed by atoms with Gasteiger partial charge in [-0.05, 0) is 35.9 Å². The molecular formula is C31H30ClN5O7S2. The fraction of sp³-hybridized carbons (Fsp3) is 0.290. The summed E-state index contributed by atoms with van der Waals surface area (Å²) in [6.07, 6.45) is 1.56. The zero-order chi connectivity index (χ0) is 32.5. The van der Waals surface area contributed by atoms with Gasteiger partial charge >= 0.3 is 6.09 Å². The van der Waals surface area contributed by atoms with Crippen molar-refractivity contribution in [1.29, 1.82) is 0 Å². The molecule has 2 aromatic heterocycles. The highest BCUT2D eigenvalue weighted by Gasteiger charge is 2.28. The van der Waals surface area contributed by atoms with Crippen molar-refractivity contribution in [2.45, 2.75) is 29.2 Å². The van der Waals surface area contributed by atoms with Crippen LogP contribution in [0.1, 0.15) is 16.9 Å². The van der Waals surface area contributed by atoms with Crippen molar-refractivity contribution in [3.63, 3.8) is 0 Å². The minimum atomic E-state index is -3.53. The summed E-state index contributed by atoms with van der Waals surface area (Å²) in [5, 5.41) is 13.8. The molecule has 1 amide bonds. The summed E-state index contributed by atoms with van der Waals surface area (Å²) in [7, 11) is -3.53. The normalized spacial score (nSPS) is 17.7. The molecule has 2 aromatic carbocycles. The number of carboxylic acid groups (broad SMARTS) is 1. The van der Waals surface area contributed by atoms with Gasteiger partial charge in [-0.25, -0.2) is 23.2 Å². The predicted molar refractivity (Wildman–Crippen MR) is 174 cm³/mol. The van der Waals surface area contributed by atoms with E-state index in [0.717, 1.165) is 15.1 Å². The van der Waals surface area contributed by atoms with Crippen LogP contribution in [0.3, 0.4) is 0 Å². The van der Waals surface area contributed by atoms with Gasteiger partial charge in [0.1, 0.15) is 12.4 Å². The number of amides is 1. The molecule has 0 radical (unpaired) electrons. The summed E-state index contributed by atoms with van der Waals surface area (Å²) in [5.74, 6) is 6.86. The number of morpholine rings is 1. The van der Waals surface area contributed by atoms with Crippen molar-refractivity contribution in [3.8, 4) is 11.8 Å². The van der Waals surface area contributed by atoms with E-state index in [0.29, 0.717) is 61.4 Å². The van der Waals surface area contributed by atoms with Crippen molar-refractivity contribution in [3.05, 3.63) is 76.4 Å². The van der Waals surface area contributed by atoms with Gasteiger partial charge in [-0.3, -0.25) is 10.1 Å². The second-order valence-corrected chi connectivity index (χ2v) is 13.7. The van der Waals surface area contributed by atoms with Crippen LogP contribution in [0.25, 0.3) is 10.2 Å². The van der Waals surface area contributed by atoms with Crippen LogP contribution in [0.5, 0.6) is 0 Å². The fourth-order valence-electron chi connectivity index (χ4n) is 4.82. The number of aromatic nitrogens is 2. The molecule has 6 rings (SSSR count). The highest BCUT2D eigenvalue weighted by Crippen LogP contribution is 2.32. The summed E-state index contributed by atoms with van der Waals surface area (Å²) in [4.78, 5) is 32.3. The Morgan fingerprint density at radius 3 is 2.70 bits per heavy atom. The number of rotatable bonds is 6. The first-order valence-corrected chi connectivity index (χ1v) is 17.0. The minimum absolute atomic E-state index is 0.0947. The number of hydrogen-bond acceptors (Lipinski definition) is 11. The van der Waals surface area contributed by atoms with Crippen molar-refractivity contribution in [2.24, 2.45) is 0 Å². The number of sulfone groups is 1. The van der Waals surface area contributed by atoms with Crippen LogP contribution < -0.4 is 10.6 Å². The molecule has 2 unspecified atom stereocenters. The smallest absolute Gasteiger partial charge is 0.410 e. The van der Waals surface area contributed by atoms with Gasteiger partial charge in [0.05, 0.1) is 45.0 Å². The van der Waals surface area contributed by atoms with Crippen molar-refractivity contribution in [2.75, 3.05) is 38.2 Å². The first-order chi connectivity index (χ1) is 22.3. The third-order valence-corrected chi connectivity index (χ3v) is 10.2. The maximum absolute atomic E-state index is 12.8. The monoisotopic (exact) mass is 683 g/mol. The van der Waals surface area contributed by atoms with E-state index < -0.39 is 9.84 Å². The van der Waals surface area contributed by atoms with E-state index in [-0.39, 0.29) is 35.4 Å². The number of nitrogens with zero attached hydrogens (tertiary/aromatic N) is 3. The van der Waals surface area contributed by atoms with E-state index in [1.165, 1.54) is 17.7 Å². The topological polar surface area (TPSA) is 160 Å². The molecule has 3 N–H and O–H groups in total. The van der Waals surface area contributed by atoms with Crippen LogP contribution in [-0.4, -0.2) is 86.0 Å². The van der Waals surface area contributed by atoms with Crippen molar-refractivity contribution < 1.29 is 32.6 Å². The highest BCUT2D eigenvalue weighted by molar-refractivity contribution is 7.90. The minimum Gasteiger partial charge on any atom is -0.483 e. The number of nitrogens with one attached hydrogen (secondary N) is 2. The third-order valence-electron chi connectivity index (χ3n) is 7.07. The number of carbonyl (C=O) groups excluding carboxylic acids is 1. The number of benzene rings is 2. The largest absolute Gasteiger partial charge is 0.483 e. The second-order valence-electron chi connectivity index (χ2n) is 10.2. The quantitative estimate of drug-likeness (QED) is 0.196. The molecule has 0 saturated carbocycles. The van der Waals surface area contributed by atoms with E-state index in [4.69, 9.17) is 31.0 Å². The Kier molecular flexibility index (Phi) is 11.1. The lowest BCUT2D eigenvalue weighted by Gasteiger charge is -2.27. The van der Waals surface area contributed by atoms with Crippen LogP contribution in [0.15, 0.2) is 65.8 Å². The summed E-state index contributed by atoms with van der Waals surface area (Å²) >= 11 is 7.96. The molecule has 2 fully saturated rings. The Labute approximate surface area is 274 Å². The Morgan fingerprint density at radius 2 is 1.96 bits per heavy atom. The van der Waals surface area contributed by atoms with Crippen molar-refractivity contribution >= 4 is 67.1 Å². The van der Waals surface area contributed by atoms with E-state index in [1.54, 1.807) is 53.4 Å². The molecular weight excluding hydrogens is 654 g/mol. The number of anilines is 2. The molecule has 12 nitrogen and oxygen atoms in total. The summed E-state index contributed by atoms with van der Waals surface area (Å²) in [5.41, 5.74) is 1.93. The van der Waals surface area contributed by atoms with E-state index >= 15 is 0 Å². The first kappa shape index (κ1) is 33.1. The molecule has 4 heterocycles. The Bertz CT molecular complexity index is 1860. The van der Waals surface area contributed by atoms with Gasteiger partial charge < -0.3 is 24.8 Å². The molecule has 15 heteroatoms. The van der Waals surface area contributed by atoms with Crippen LogP contribution >= 0.6 is 22.9 Å². The Balaban J connectivity index is 0.00000134. The summed E-state index contributed by atoms with van der Waals surface area (Å²) in [6, 6.07) is 15.3. The predicted octanol–water partition coefficient (Wildman–Crippen LogP) is 4.31. The van der Waals surface area contributed by atoms with E-state index in [9.17, 15) is 13.2 Å². The van der Waals surface area contributed by atoms with Gasteiger partial charge in [0.25, 0.3) is 6.47 Å². The van der Waals surface area contributed by atoms with Gasteiger partial charge in [0.15, 0.2) is 15.7 Å². The van der Waals surface area contributed by atoms with Crippen LogP contribution in [0.4, 0.5) is 16.3 Å². The van der Waals surface area contributed by atoms with E-state index in [2.05, 4.69) is 32.4 Å². The highest BCUT2D eigenvalue weighted by atomic mass is 35.5. The van der Waals surface area contributed by atoms with Gasteiger partial charge in [-0.1, -0.05) is 47.7 Å². The molecule has 2 aliphatic heterocycles. The lowest BCUT2D eigenvalue weighted by atomic mass is 10.2. The molecule has 2 saturated heterocycles.